The van der Waals surface area contributed by atoms with Crippen LogP contribution < -0.4 is 14.4 Å². The number of carbonyl (C=O) groups is 1. The normalized spacial score (nSPS) is 17.0. The third-order valence-electron chi connectivity index (χ3n) is 4.06. The van der Waals surface area contributed by atoms with Gasteiger partial charge < -0.3 is 10.1 Å². The number of amides is 1. The van der Waals surface area contributed by atoms with Crippen LogP contribution in [0.4, 0.5) is 11.4 Å². The maximum atomic E-state index is 12.7. The molecule has 1 aliphatic rings. The van der Waals surface area contributed by atoms with Crippen LogP contribution >= 0.6 is 11.8 Å². The molecule has 2 aromatic carbocycles. The van der Waals surface area contributed by atoms with Gasteiger partial charge in [0.25, 0.3) is 5.91 Å². The van der Waals surface area contributed by atoms with Crippen molar-refractivity contribution in [2.75, 3.05) is 28.7 Å². The average Bonchev–Trinajstić information content (AvgIpc) is 2.81. The van der Waals surface area contributed by atoms with Gasteiger partial charge in [0.15, 0.2) is 6.10 Å². The number of rotatable bonds is 4. The molecular weight excluding hydrogens is 372 g/mol. The predicted molar refractivity (Wildman–Crippen MR) is 105 cm³/mol. The van der Waals surface area contributed by atoms with E-state index in [0.29, 0.717) is 17.1 Å². The van der Waals surface area contributed by atoms with Gasteiger partial charge in [-0.25, -0.2) is 8.42 Å². The van der Waals surface area contributed by atoms with Crippen LogP contribution in [0.5, 0.6) is 5.75 Å². The average molecular weight is 393 g/mol. The van der Waals surface area contributed by atoms with E-state index < -0.39 is 16.1 Å². The molecule has 2 aromatic rings. The molecule has 8 heteroatoms. The zero-order chi connectivity index (χ0) is 18.7. The molecule has 0 unspecified atom stereocenters. The van der Waals surface area contributed by atoms with Crippen molar-refractivity contribution in [2.45, 2.75) is 17.4 Å². The Morgan fingerprint density at radius 2 is 1.88 bits per heavy atom. The predicted octanol–water partition coefficient (Wildman–Crippen LogP) is 2.96. The van der Waals surface area contributed by atoms with Crippen molar-refractivity contribution in [3.8, 4) is 5.75 Å². The van der Waals surface area contributed by atoms with E-state index in [1.165, 1.54) is 16.1 Å². The van der Waals surface area contributed by atoms with Gasteiger partial charge in [-0.2, -0.15) is 0 Å². The van der Waals surface area contributed by atoms with Gasteiger partial charge in [-0.1, -0.05) is 24.3 Å². The Morgan fingerprint density at radius 1 is 1.19 bits per heavy atom. The van der Waals surface area contributed by atoms with Crippen LogP contribution in [0.25, 0.3) is 0 Å². The Labute approximate surface area is 157 Å². The van der Waals surface area contributed by atoms with E-state index in [1.807, 2.05) is 30.5 Å². The van der Waals surface area contributed by atoms with Gasteiger partial charge in [0, 0.05) is 17.9 Å². The zero-order valence-electron chi connectivity index (χ0n) is 14.5. The lowest BCUT2D eigenvalue weighted by atomic mass is 10.2. The van der Waals surface area contributed by atoms with Gasteiger partial charge in [-0.3, -0.25) is 9.10 Å². The highest BCUT2D eigenvalue weighted by Crippen LogP contribution is 2.34. The molecule has 0 bridgehead atoms. The van der Waals surface area contributed by atoms with Crippen LogP contribution in [0.3, 0.4) is 0 Å². The highest BCUT2D eigenvalue weighted by Gasteiger charge is 2.31. The SMILES string of the molecule is CSc1ccccc1NC(=O)[C@@H]1CCN(S(C)(=O)=O)c2ccccc2O1. The third-order valence-corrected chi connectivity index (χ3v) is 6.03. The highest BCUT2D eigenvalue weighted by atomic mass is 32.2. The van der Waals surface area contributed by atoms with Crippen molar-refractivity contribution < 1.29 is 17.9 Å². The number of carbonyl (C=O) groups excluding carboxylic acids is 1. The minimum Gasteiger partial charge on any atom is -0.478 e. The summed E-state index contributed by atoms with van der Waals surface area (Å²) >= 11 is 1.54. The first-order chi connectivity index (χ1) is 12.4. The molecule has 0 fully saturated rings. The number of benzene rings is 2. The minimum atomic E-state index is -3.46. The number of thioether (sulfide) groups is 1. The zero-order valence-corrected chi connectivity index (χ0v) is 16.1. The van der Waals surface area contributed by atoms with Crippen LogP contribution in [-0.4, -0.2) is 39.5 Å². The van der Waals surface area contributed by atoms with E-state index in [4.69, 9.17) is 4.74 Å². The van der Waals surface area contributed by atoms with E-state index in [-0.39, 0.29) is 18.9 Å². The van der Waals surface area contributed by atoms with E-state index in [1.54, 1.807) is 24.3 Å². The van der Waals surface area contributed by atoms with Gasteiger partial charge in [0.1, 0.15) is 5.75 Å². The fourth-order valence-corrected chi connectivity index (χ4v) is 4.32. The van der Waals surface area contributed by atoms with E-state index in [0.717, 1.165) is 11.2 Å². The lowest BCUT2D eigenvalue weighted by Crippen LogP contribution is -2.36. The Morgan fingerprint density at radius 3 is 2.62 bits per heavy atom. The molecule has 1 heterocycles. The second-order valence-electron chi connectivity index (χ2n) is 5.89. The summed E-state index contributed by atoms with van der Waals surface area (Å²) in [5, 5.41) is 2.89. The smallest absolute Gasteiger partial charge is 0.265 e. The molecule has 0 saturated heterocycles. The van der Waals surface area contributed by atoms with Gasteiger partial charge in [-0.15, -0.1) is 11.8 Å². The number of anilines is 2. The first kappa shape index (κ1) is 18.6. The molecular formula is C18H20N2O4S2. The van der Waals surface area contributed by atoms with Gasteiger partial charge in [0.2, 0.25) is 10.0 Å². The molecule has 1 aliphatic heterocycles. The molecule has 0 aromatic heterocycles. The minimum absolute atomic E-state index is 0.179. The number of para-hydroxylation sites is 3. The Hall–Kier alpha value is -2.19. The number of ether oxygens (including phenoxy) is 1. The van der Waals surface area contributed by atoms with Crippen LogP contribution in [0.1, 0.15) is 6.42 Å². The molecule has 0 radical (unpaired) electrons. The monoisotopic (exact) mass is 392 g/mol. The second-order valence-corrected chi connectivity index (χ2v) is 8.64. The standard InChI is InChI=1S/C18H20N2O4S2/c1-25-17-10-6-3-7-13(17)19-18(21)16-11-12-20(26(2,22)23)14-8-4-5-9-15(14)24-16/h3-10,16H,11-12H2,1-2H3,(H,19,21)/t16-/m0/s1. The topological polar surface area (TPSA) is 75.7 Å². The van der Waals surface area contributed by atoms with Crippen LogP contribution in [0, 0.1) is 0 Å². The van der Waals surface area contributed by atoms with E-state index in [2.05, 4.69) is 5.32 Å². The third kappa shape index (κ3) is 3.96. The summed E-state index contributed by atoms with van der Waals surface area (Å²) in [4.78, 5) is 13.7. The first-order valence-corrected chi connectivity index (χ1v) is 11.1. The fourth-order valence-electron chi connectivity index (χ4n) is 2.82. The number of sulfonamides is 1. The first-order valence-electron chi connectivity index (χ1n) is 8.07. The Kier molecular flexibility index (Phi) is 5.43. The van der Waals surface area contributed by atoms with Gasteiger partial charge >= 0.3 is 0 Å². The highest BCUT2D eigenvalue weighted by molar-refractivity contribution is 7.98. The van der Waals surface area contributed by atoms with Crippen molar-refractivity contribution in [3.05, 3.63) is 48.5 Å². The lowest BCUT2D eigenvalue weighted by molar-refractivity contribution is -0.122. The fraction of sp³-hybridized carbons (Fsp3) is 0.278. The maximum absolute atomic E-state index is 12.7. The molecule has 26 heavy (non-hydrogen) atoms. The molecule has 138 valence electrons. The van der Waals surface area contributed by atoms with Crippen molar-refractivity contribution in [1.29, 1.82) is 0 Å². The molecule has 3 rings (SSSR count). The largest absolute Gasteiger partial charge is 0.478 e. The summed E-state index contributed by atoms with van der Waals surface area (Å²) in [7, 11) is -3.46. The lowest BCUT2D eigenvalue weighted by Gasteiger charge is -2.20. The summed E-state index contributed by atoms with van der Waals surface area (Å²) in [6.45, 7) is 0.179. The summed E-state index contributed by atoms with van der Waals surface area (Å²) in [6, 6.07) is 14.4. The summed E-state index contributed by atoms with van der Waals surface area (Å²) in [5.74, 6) is 0.0883. The molecule has 0 saturated carbocycles. The van der Waals surface area contributed by atoms with Crippen molar-refractivity contribution in [3.63, 3.8) is 0 Å². The Balaban J connectivity index is 1.86. The van der Waals surface area contributed by atoms with Crippen molar-refractivity contribution >= 4 is 39.1 Å². The quantitative estimate of drug-likeness (QED) is 0.810. The molecule has 1 atom stereocenters. The van der Waals surface area contributed by atoms with Crippen molar-refractivity contribution in [1.82, 2.24) is 0 Å². The van der Waals surface area contributed by atoms with Gasteiger partial charge in [-0.05, 0) is 30.5 Å². The number of nitrogens with zero attached hydrogens (tertiary/aromatic N) is 1. The molecule has 6 nitrogen and oxygen atoms in total. The van der Waals surface area contributed by atoms with Crippen LogP contribution in [-0.2, 0) is 14.8 Å². The van der Waals surface area contributed by atoms with Gasteiger partial charge in [0.05, 0.1) is 17.6 Å². The molecule has 0 aliphatic carbocycles. The Bertz CT molecular complexity index is 915. The molecule has 1 N–H and O–H groups in total. The van der Waals surface area contributed by atoms with Crippen LogP contribution in [0.15, 0.2) is 53.4 Å². The number of hydrogen-bond donors (Lipinski definition) is 1. The number of hydrogen-bond acceptors (Lipinski definition) is 5. The molecule has 1 amide bonds. The maximum Gasteiger partial charge on any atom is 0.265 e. The second kappa shape index (κ2) is 7.59. The molecule has 0 spiro atoms. The summed E-state index contributed by atoms with van der Waals surface area (Å²) in [5.41, 5.74) is 1.17. The van der Waals surface area contributed by atoms with Crippen molar-refractivity contribution in [2.24, 2.45) is 0 Å². The van der Waals surface area contributed by atoms with E-state index in [9.17, 15) is 13.2 Å². The van der Waals surface area contributed by atoms with E-state index >= 15 is 0 Å². The van der Waals surface area contributed by atoms with Crippen LogP contribution in [0.2, 0.25) is 0 Å². The summed E-state index contributed by atoms with van der Waals surface area (Å²) in [6.07, 6.45) is 2.57. The number of nitrogens with one attached hydrogen (secondary N) is 1. The number of fused-ring (bicyclic) bond motifs is 1. The summed E-state index contributed by atoms with van der Waals surface area (Å²) < 4.78 is 31.4.